The first-order chi connectivity index (χ1) is 9.60. The average Bonchev–Trinajstić information content (AvgIpc) is 2.43. The number of anilines is 1. The molecule has 0 aliphatic carbocycles. The van der Waals surface area contributed by atoms with E-state index in [1.165, 1.54) is 24.8 Å². The monoisotopic (exact) mass is 277 g/mol. The van der Waals surface area contributed by atoms with Crippen LogP contribution in [0.5, 0.6) is 0 Å². The van der Waals surface area contributed by atoms with Gasteiger partial charge in [0.25, 0.3) is 0 Å². The molecule has 1 aromatic rings. The first kappa shape index (κ1) is 17.0. The van der Waals surface area contributed by atoms with Gasteiger partial charge in [-0.05, 0) is 51.4 Å². The summed E-state index contributed by atoms with van der Waals surface area (Å²) in [5.41, 5.74) is 1.32. The minimum Gasteiger partial charge on any atom is -0.354 e. The standard InChI is InChI=1S/C17H31N3/c1-6-8-9-12-20(14(3)4)17-13-16(10-11-19-17)15(5)18-7-2/h10-11,13-15,18H,6-9,12H2,1-5H3. The van der Waals surface area contributed by atoms with Crippen molar-refractivity contribution in [1.29, 1.82) is 0 Å². The number of nitrogens with zero attached hydrogens (tertiary/aromatic N) is 2. The van der Waals surface area contributed by atoms with E-state index in [0.717, 1.165) is 18.9 Å². The van der Waals surface area contributed by atoms with Gasteiger partial charge in [-0.2, -0.15) is 0 Å². The summed E-state index contributed by atoms with van der Waals surface area (Å²) in [4.78, 5) is 6.99. The van der Waals surface area contributed by atoms with E-state index in [9.17, 15) is 0 Å². The fourth-order valence-electron chi connectivity index (χ4n) is 2.45. The van der Waals surface area contributed by atoms with Crippen LogP contribution in [0, 0.1) is 0 Å². The van der Waals surface area contributed by atoms with Crippen LogP contribution in [0.3, 0.4) is 0 Å². The van der Waals surface area contributed by atoms with Crippen molar-refractivity contribution >= 4 is 5.82 Å². The maximum atomic E-state index is 4.58. The molecule has 1 unspecified atom stereocenters. The van der Waals surface area contributed by atoms with Crippen LogP contribution in [0.15, 0.2) is 18.3 Å². The highest BCUT2D eigenvalue weighted by Crippen LogP contribution is 2.20. The van der Waals surface area contributed by atoms with E-state index in [1.54, 1.807) is 0 Å². The van der Waals surface area contributed by atoms with Gasteiger partial charge in [0.1, 0.15) is 5.82 Å². The molecule has 20 heavy (non-hydrogen) atoms. The Hall–Kier alpha value is -1.09. The zero-order valence-electron chi connectivity index (χ0n) is 13.8. The van der Waals surface area contributed by atoms with Crippen LogP contribution in [0.1, 0.15) is 65.5 Å². The molecule has 0 aliphatic heterocycles. The van der Waals surface area contributed by atoms with Gasteiger partial charge in [0.2, 0.25) is 0 Å². The third kappa shape index (κ3) is 5.12. The van der Waals surface area contributed by atoms with Crippen molar-refractivity contribution in [3.63, 3.8) is 0 Å². The second kappa shape index (κ2) is 8.96. The van der Waals surface area contributed by atoms with Crippen LogP contribution < -0.4 is 10.2 Å². The fourth-order valence-corrected chi connectivity index (χ4v) is 2.45. The molecular formula is C17H31N3. The van der Waals surface area contributed by atoms with Crippen LogP contribution in [-0.4, -0.2) is 24.1 Å². The van der Waals surface area contributed by atoms with Crippen molar-refractivity contribution in [2.75, 3.05) is 18.0 Å². The van der Waals surface area contributed by atoms with Gasteiger partial charge in [0.15, 0.2) is 0 Å². The van der Waals surface area contributed by atoms with E-state index in [2.05, 4.69) is 62.0 Å². The third-order valence-electron chi connectivity index (χ3n) is 3.70. The molecule has 1 aromatic heterocycles. The van der Waals surface area contributed by atoms with Gasteiger partial charge in [-0.15, -0.1) is 0 Å². The Labute approximate surface area is 124 Å². The van der Waals surface area contributed by atoms with E-state index in [-0.39, 0.29) is 0 Å². The van der Waals surface area contributed by atoms with E-state index in [1.807, 2.05) is 6.20 Å². The summed E-state index contributed by atoms with van der Waals surface area (Å²) in [7, 11) is 0. The molecule has 0 bridgehead atoms. The van der Waals surface area contributed by atoms with Crippen molar-refractivity contribution in [3.8, 4) is 0 Å². The fraction of sp³-hybridized carbons (Fsp3) is 0.706. The maximum absolute atomic E-state index is 4.58. The highest BCUT2D eigenvalue weighted by molar-refractivity contribution is 5.42. The molecule has 0 amide bonds. The molecule has 1 heterocycles. The van der Waals surface area contributed by atoms with Gasteiger partial charge < -0.3 is 10.2 Å². The Kier molecular flexibility index (Phi) is 7.60. The number of hydrogen-bond donors (Lipinski definition) is 1. The molecule has 0 aromatic carbocycles. The maximum Gasteiger partial charge on any atom is 0.129 e. The second-order valence-electron chi connectivity index (χ2n) is 5.72. The van der Waals surface area contributed by atoms with Crippen molar-refractivity contribution < 1.29 is 0 Å². The molecule has 0 aliphatic rings. The predicted octanol–water partition coefficient (Wildman–Crippen LogP) is 4.16. The minimum atomic E-state index is 0.381. The van der Waals surface area contributed by atoms with Crippen LogP contribution in [0.4, 0.5) is 5.82 Å². The molecule has 0 saturated carbocycles. The number of rotatable bonds is 9. The quantitative estimate of drug-likeness (QED) is 0.687. The Bertz CT molecular complexity index is 376. The molecule has 3 heteroatoms. The number of pyridine rings is 1. The van der Waals surface area contributed by atoms with Gasteiger partial charge in [0.05, 0.1) is 0 Å². The molecule has 114 valence electrons. The molecule has 3 nitrogen and oxygen atoms in total. The predicted molar refractivity (Wildman–Crippen MR) is 88.3 cm³/mol. The summed E-state index contributed by atoms with van der Waals surface area (Å²) in [6, 6.07) is 5.22. The Balaban J connectivity index is 2.82. The molecule has 1 atom stereocenters. The number of aromatic nitrogens is 1. The summed E-state index contributed by atoms with van der Waals surface area (Å²) >= 11 is 0. The average molecular weight is 277 g/mol. The first-order valence-electron chi connectivity index (χ1n) is 8.06. The largest absolute Gasteiger partial charge is 0.354 e. The first-order valence-corrected chi connectivity index (χ1v) is 8.06. The van der Waals surface area contributed by atoms with E-state index < -0.39 is 0 Å². The molecule has 1 rings (SSSR count). The zero-order chi connectivity index (χ0) is 15.0. The van der Waals surface area contributed by atoms with Crippen molar-refractivity contribution in [2.24, 2.45) is 0 Å². The summed E-state index contributed by atoms with van der Waals surface area (Å²) in [6.07, 6.45) is 5.73. The smallest absolute Gasteiger partial charge is 0.129 e. The van der Waals surface area contributed by atoms with Crippen molar-refractivity contribution in [1.82, 2.24) is 10.3 Å². The number of hydrogen-bond acceptors (Lipinski definition) is 3. The lowest BCUT2D eigenvalue weighted by Gasteiger charge is -2.28. The SMILES string of the molecule is CCCCCN(c1cc(C(C)NCC)ccn1)C(C)C. The molecule has 0 radical (unpaired) electrons. The topological polar surface area (TPSA) is 28.2 Å². The van der Waals surface area contributed by atoms with E-state index in [0.29, 0.717) is 12.1 Å². The minimum absolute atomic E-state index is 0.381. The van der Waals surface area contributed by atoms with Gasteiger partial charge in [0, 0.05) is 24.8 Å². The van der Waals surface area contributed by atoms with Crippen LogP contribution in [-0.2, 0) is 0 Å². The number of nitrogens with one attached hydrogen (secondary N) is 1. The normalized spacial score (nSPS) is 12.7. The second-order valence-corrected chi connectivity index (χ2v) is 5.72. The number of unbranched alkanes of at least 4 members (excludes halogenated alkanes) is 2. The van der Waals surface area contributed by atoms with Crippen LogP contribution in [0.25, 0.3) is 0 Å². The highest BCUT2D eigenvalue weighted by atomic mass is 15.2. The lowest BCUT2D eigenvalue weighted by atomic mass is 10.1. The van der Waals surface area contributed by atoms with Crippen LogP contribution in [0.2, 0.25) is 0 Å². The van der Waals surface area contributed by atoms with Crippen molar-refractivity contribution in [2.45, 2.75) is 66.0 Å². The Morgan fingerprint density at radius 2 is 1.95 bits per heavy atom. The van der Waals surface area contributed by atoms with Gasteiger partial charge >= 0.3 is 0 Å². The van der Waals surface area contributed by atoms with Crippen LogP contribution >= 0.6 is 0 Å². The summed E-state index contributed by atoms with van der Waals surface area (Å²) < 4.78 is 0. The molecule has 0 fully saturated rings. The van der Waals surface area contributed by atoms with Crippen molar-refractivity contribution in [3.05, 3.63) is 23.9 Å². The molecule has 0 saturated heterocycles. The van der Waals surface area contributed by atoms with Gasteiger partial charge in [-0.3, -0.25) is 0 Å². The summed E-state index contributed by atoms with van der Waals surface area (Å²) in [5.74, 6) is 1.11. The van der Waals surface area contributed by atoms with Gasteiger partial charge in [-0.1, -0.05) is 26.7 Å². The molecule has 1 N–H and O–H groups in total. The third-order valence-corrected chi connectivity index (χ3v) is 3.70. The lowest BCUT2D eigenvalue weighted by molar-refractivity contribution is 0.593. The molecular weight excluding hydrogens is 246 g/mol. The van der Waals surface area contributed by atoms with E-state index in [4.69, 9.17) is 0 Å². The Morgan fingerprint density at radius 1 is 1.20 bits per heavy atom. The van der Waals surface area contributed by atoms with E-state index >= 15 is 0 Å². The highest BCUT2D eigenvalue weighted by Gasteiger charge is 2.13. The summed E-state index contributed by atoms with van der Waals surface area (Å²) in [6.45, 7) is 13.2. The Morgan fingerprint density at radius 3 is 2.55 bits per heavy atom. The van der Waals surface area contributed by atoms with Gasteiger partial charge in [-0.25, -0.2) is 4.98 Å². The molecule has 0 spiro atoms. The zero-order valence-corrected chi connectivity index (χ0v) is 13.8. The lowest BCUT2D eigenvalue weighted by Crippen LogP contribution is -2.32. The summed E-state index contributed by atoms with van der Waals surface area (Å²) in [5, 5.41) is 3.46.